The average Bonchev–Trinajstić information content (AvgIpc) is 2.43. The molecular weight excluding hydrogens is 238 g/mol. The Kier molecular flexibility index (Phi) is 4.25. The van der Waals surface area contributed by atoms with E-state index in [2.05, 4.69) is 31.3 Å². The zero-order chi connectivity index (χ0) is 13.9. The van der Waals surface area contributed by atoms with Crippen molar-refractivity contribution in [2.75, 3.05) is 6.61 Å². The Labute approximate surface area is 115 Å². The van der Waals surface area contributed by atoms with Gasteiger partial charge in [-0.15, -0.1) is 0 Å². The lowest BCUT2D eigenvalue weighted by Crippen LogP contribution is -2.57. The molecule has 0 unspecified atom stereocenters. The first-order valence-electron chi connectivity index (χ1n) is 7.05. The molecule has 3 nitrogen and oxygen atoms in total. The fraction of sp³-hybridized carbons (Fsp3) is 0.562. The molecule has 0 bridgehead atoms. The summed E-state index contributed by atoms with van der Waals surface area (Å²) < 4.78 is 5.40. The molecule has 1 aliphatic heterocycles. The van der Waals surface area contributed by atoms with Crippen molar-refractivity contribution in [3.63, 3.8) is 0 Å². The maximum absolute atomic E-state index is 12.1. The van der Waals surface area contributed by atoms with Gasteiger partial charge in [-0.05, 0) is 24.8 Å². The zero-order valence-electron chi connectivity index (χ0n) is 12.0. The van der Waals surface area contributed by atoms with Gasteiger partial charge in [-0.1, -0.05) is 50.6 Å². The maximum atomic E-state index is 12.1. The molecule has 0 saturated carbocycles. The summed E-state index contributed by atoms with van der Waals surface area (Å²) in [7, 11) is 0. The van der Waals surface area contributed by atoms with Crippen molar-refractivity contribution in [2.24, 2.45) is 5.92 Å². The van der Waals surface area contributed by atoms with E-state index in [1.54, 1.807) is 0 Å². The van der Waals surface area contributed by atoms with Gasteiger partial charge in [0.25, 0.3) is 0 Å². The second-order valence-electron chi connectivity index (χ2n) is 5.76. The fourth-order valence-corrected chi connectivity index (χ4v) is 2.65. The third kappa shape index (κ3) is 3.16. The van der Waals surface area contributed by atoms with Crippen molar-refractivity contribution in [1.29, 1.82) is 0 Å². The molecule has 0 amide bonds. The number of cyclic esters (lactones) is 1. The number of hydrogen-bond donors (Lipinski definition) is 1. The molecule has 104 valence electrons. The van der Waals surface area contributed by atoms with Crippen LogP contribution in [0.4, 0.5) is 0 Å². The van der Waals surface area contributed by atoms with Crippen molar-refractivity contribution in [3.05, 3.63) is 35.9 Å². The smallest absolute Gasteiger partial charge is 0.326 e. The van der Waals surface area contributed by atoms with Crippen molar-refractivity contribution in [1.82, 2.24) is 5.32 Å². The highest BCUT2D eigenvalue weighted by Crippen LogP contribution is 2.29. The lowest BCUT2D eigenvalue weighted by atomic mass is 9.86. The Balaban J connectivity index is 2.14. The highest BCUT2D eigenvalue weighted by atomic mass is 16.5. The zero-order valence-corrected chi connectivity index (χ0v) is 12.0. The summed E-state index contributed by atoms with van der Waals surface area (Å²) in [5.74, 6) is 0.375. The van der Waals surface area contributed by atoms with E-state index in [9.17, 15) is 4.79 Å². The number of rotatable bonds is 4. The van der Waals surface area contributed by atoms with Crippen LogP contribution < -0.4 is 5.32 Å². The topological polar surface area (TPSA) is 38.3 Å². The van der Waals surface area contributed by atoms with E-state index >= 15 is 0 Å². The van der Waals surface area contributed by atoms with Crippen LogP contribution in [-0.4, -0.2) is 18.1 Å². The van der Waals surface area contributed by atoms with Crippen molar-refractivity contribution in [2.45, 2.75) is 45.2 Å². The quantitative estimate of drug-likeness (QED) is 0.847. The van der Waals surface area contributed by atoms with Crippen molar-refractivity contribution < 1.29 is 9.53 Å². The molecule has 0 spiro atoms. The Morgan fingerprint density at radius 2 is 2.11 bits per heavy atom. The van der Waals surface area contributed by atoms with Gasteiger partial charge in [-0.2, -0.15) is 0 Å². The number of esters is 1. The van der Waals surface area contributed by atoms with Crippen LogP contribution in [0.25, 0.3) is 0 Å². The molecule has 1 aromatic carbocycles. The average molecular weight is 261 g/mol. The summed E-state index contributed by atoms with van der Waals surface area (Å²) in [5.41, 5.74) is 0.596. The van der Waals surface area contributed by atoms with Crippen LogP contribution in [0.2, 0.25) is 0 Å². The van der Waals surface area contributed by atoms with Gasteiger partial charge in [-0.3, -0.25) is 10.1 Å². The molecule has 1 saturated heterocycles. The standard InChI is InChI=1S/C16H23NO2/c1-4-12(2)10-16(3)15(18)19-11-14(17-16)13-8-6-5-7-9-13/h5-9,12,14,17H,4,10-11H2,1-3H3/t12-,14+,16-/m0/s1. The predicted molar refractivity (Wildman–Crippen MR) is 75.8 cm³/mol. The molecule has 1 aromatic rings. The molecule has 19 heavy (non-hydrogen) atoms. The van der Waals surface area contributed by atoms with Crippen LogP contribution in [0.15, 0.2) is 30.3 Å². The van der Waals surface area contributed by atoms with Gasteiger partial charge in [0.15, 0.2) is 0 Å². The van der Waals surface area contributed by atoms with Gasteiger partial charge in [0.05, 0.1) is 6.04 Å². The van der Waals surface area contributed by atoms with Gasteiger partial charge in [0.2, 0.25) is 0 Å². The molecule has 1 fully saturated rings. The first-order chi connectivity index (χ1) is 9.05. The molecule has 0 aromatic heterocycles. The van der Waals surface area contributed by atoms with Gasteiger partial charge < -0.3 is 4.74 Å². The second-order valence-corrected chi connectivity index (χ2v) is 5.76. The number of carbonyl (C=O) groups is 1. The highest BCUT2D eigenvalue weighted by molar-refractivity contribution is 5.81. The minimum Gasteiger partial charge on any atom is -0.462 e. The molecule has 3 atom stereocenters. The molecule has 2 rings (SSSR count). The van der Waals surface area contributed by atoms with Crippen LogP contribution in [0.1, 0.15) is 45.2 Å². The SMILES string of the molecule is CC[C@H](C)C[C@]1(C)N[C@@H](c2ccccc2)COC1=O. The van der Waals surface area contributed by atoms with E-state index in [4.69, 9.17) is 4.74 Å². The number of ether oxygens (including phenoxy) is 1. The Morgan fingerprint density at radius 1 is 1.42 bits per heavy atom. The Hall–Kier alpha value is -1.35. The van der Waals surface area contributed by atoms with Crippen molar-refractivity contribution in [3.8, 4) is 0 Å². The second kappa shape index (κ2) is 5.74. The lowest BCUT2D eigenvalue weighted by Gasteiger charge is -2.39. The number of carbonyl (C=O) groups excluding carboxylic acids is 1. The van der Waals surface area contributed by atoms with Gasteiger partial charge in [0.1, 0.15) is 12.1 Å². The first-order valence-corrected chi connectivity index (χ1v) is 7.05. The van der Waals surface area contributed by atoms with E-state index in [1.165, 1.54) is 5.56 Å². The summed E-state index contributed by atoms with van der Waals surface area (Å²) in [4.78, 5) is 12.1. The number of nitrogens with one attached hydrogen (secondary N) is 1. The number of morpholine rings is 1. The summed E-state index contributed by atoms with van der Waals surface area (Å²) in [6.45, 7) is 6.69. The van der Waals surface area contributed by atoms with Crippen LogP contribution in [-0.2, 0) is 9.53 Å². The van der Waals surface area contributed by atoms with E-state index in [1.807, 2.05) is 25.1 Å². The summed E-state index contributed by atoms with van der Waals surface area (Å²) in [6.07, 6.45) is 1.88. The summed E-state index contributed by atoms with van der Waals surface area (Å²) in [5, 5.41) is 3.49. The van der Waals surface area contributed by atoms with E-state index in [0.29, 0.717) is 12.5 Å². The van der Waals surface area contributed by atoms with Crippen molar-refractivity contribution >= 4 is 5.97 Å². The van der Waals surface area contributed by atoms with E-state index in [-0.39, 0.29) is 12.0 Å². The third-order valence-electron chi connectivity index (χ3n) is 3.98. The fourth-order valence-electron chi connectivity index (χ4n) is 2.65. The highest BCUT2D eigenvalue weighted by Gasteiger charge is 2.41. The molecule has 1 N–H and O–H groups in total. The minimum atomic E-state index is -0.575. The predicted octanol–water partition coefficient (Wildman–Crippen LogP) is 3.07. The van der Waals surface area contributed by atoms with Crippen LogP contribution >= 0.6 is 0 Å². The largest absolute Gasteiger partial charge is 0.462 e. The molecular formula is C16H23NO2. The molecule has 0 radical (unpaired) electrons. The first kappa shape index (κ1) is 14.1. The Morgan fingerprint density at radius 3 is 2.74 bits per heavy atom. The monoisotopic (exact) mass is 261 g/mol. The van der Waals surface area contributed by atoms with Gasteiger partial charge in [-0.25, -0.2) is 0 Å². The molecule has 3 heteroatoms. The lowest BCUT2D eigenvalue weighted by molar-refractivity contribution is -0.159. The number of hydrogen-bond acceptors (Lipinski definition) is 3. The van der Waals surface area contributed by atoms with E-state index < -0.39 is 5.54 Å². The summed E-state index contributed by atoms with van der Waals surface area (Å²) >= 11 is 0. The summed E-state index contributed by atoms with van der Waals surface area (Å²) in [6, 6.07) is 10.3. The maximum Gasteiger partial charge on any atom is 0.326 e. The molecule has 0 aliphatic carbocycles. The third-order valence-corrected chi connectivity index (χ3v) is 3.98. The Bertz CT molecular complexity index is 432. The normalized spacial score (nSPS) is 28.8. The van der Waals surface area contributed by atoms with Crippen LogP contribution in [0.3, 0.4) is 0 Å². The van der Waals surface area contributed by atoms with Crippen LogP contribution in [0, 0.1) is 5.92 Å². The van der Waals surface area contributed by atoms with Gasteiger partial charge >= 0.3 is 5.97 Å². The molecule has 1 aliphatic rings. The number of benzene rings is 1. The van der Waals surface area contributed by atoms with E-state index in [0.717, 1.165) is 12.8 Å². The van der Waals surface area contributed by atoms with Gasteiger partial charge in [0, 0.05) is 0 Å². The van der Waals surface area contributed by atoms with Crippen LogP contribution in [0.5, 0.6) is 0 Å². The minimum absolute atomic E-state index is 0.0907. The molecule has 1 heterocycles.